The number of benzene rings is 1. The van der Waals surface area contributed by atoms with Crippen molar-refractivity contribution in [3.8, 4) is 0 Å². The van der Waals surface area contributed by atoms with Crippen molar-refractivity contribution in [2.24, 2.45) is 11.7 Å². The van der Waals surface area contributed by atoms with Gasteiger partial charge in [0.25, 0.3) is 0 Å². The number of nitrogens with two attached hydrogens (primary N) is 1. The van der Waals surface area contributed by atoms with Crippen molar-refractivity contribution in [3.05, 3.63) is 33.8 Å². The predicted molar refractivity (Wildman–Crippen MR) is 83.2 cm³/mol. The van der Waals surface area contributed by atoms with Gasteiger partial charge < -0.3 is 5.73 Å². The van der Waals surface area contributed by atoms with E-state index < -0.39 is 0 Å². The van der Waals surface area contributed by atoms with E-state index in [0.717, 1.165) is 6.54 Å². The van der Waals surface area contributed by atoms with Crippen LogP contribution in [-0.2, 0) is 6.42 Å². The summed E-state index contributed by atoms with van der Waals surface area (Å²) >= 11 is 3.69. The van der Waals surface area contributed by atoms with E-state index in [1.807, 2.05) is 0 Å². The Morgan fingerprint density at radius 3 is 2.95 bits per heavy atom. The smallest absolute Gasteiger partial charge is 0.0354 e. The minimum Gasteiger partial charge on any atom is -0.330 e. The molecule has 3 atom stereocenters. The van der Waals surface area contributed by atoms with E-state index in [1.54, 1.807) is 0 Å². The molecule has 0 amide bonds. The molecule has 3 heteroatoms. The summed E-state index contributed by atoms with van der Waals surface area (Å²) in [6.07, 6.45) is 6.42. The first-order valence-electron chi connectivity index (χ1n) is 7.41. The first-order valence-corrected chi connectivity index (χ1v) is 8.21. The molecule has 0 spiro atoms. The van der Waals surface area contributed by atoms with Crippen LogP contribution in [0, 0.1) is 5.92 Å². The molecule has 0 radical (unpaired) electrons. The molecule has 0 aliphatic heterocycles. The number of fused-ring (bicyclic) bond motifs is 1. The van der Waals surface area contributed by atoms with Crippen LogP contribution in [-0.4, -0.2) is 24.5 Å². The van der Waals surface area contributed by atoms with E-state index in [1.165, 1.54) is 47.7 Å². The van der Waals surface area contributed by atoms with Crippen LogP contribution >= 0.6 is 15.9 Å². The average molecular weight is 323 g/mol. The number of hydrogen-bond acceptors (Lipinski definition) is 2. The molecular formula is C16H23BrN2. The van der Waals surface area contributed by atoms with Crippen LogP contribution in [0.4, 0.5) is 0 Å². The Morgan fingerprint density at radius 1 is 1.32 bits per heavy atom. The molecule has 3 unspecified atom stereocenters. The zero-order valence-corrected chi connectivity index (χ0v) is 13.2. The predicted octanol–water partition coefficient (Wildman–Crippen LogP) is 3.50. The summed E-state index contributed by atoms with van der Waals surface area (Å²) in [6.45, 7) is 0.840. The maximum absolute atomic E-state index is 5.95. The highest BCUT2D eigenvalue weighted by Gasteiger charge is 2.36. The summed E-state index contributed by atoms with van der Waals surface area (Å²) in [5.41, 5.74) is 8.99. The highest BCUT2D eigenvalue weighted by molar-refractivity contribution is 9.10. The Labute approximate surface area is 124 Å². The third-order valence-electron chi connectivity index (χ3n) is 5.12. The minimum atomic E-state index is 0.588. The van der Waals surface area contributed by atoms with Gasteiger partial charge in [0.05, 0.1) is 0 Å². The van der Waals surface area contributed by atoms with E-state index in [-0.39, 0.29) is 0 Å². The highest BCUT2D eigenvalue weighted by Crippen LogP contribution is 2.42. The average Bonchev–Trinajstić information content (AvgIpc) is 3.05. The molecule has 104 valence electrons. The third kappa shape index (κ3) is 2.37. The Hall–Kier alpha value is -0.380. The van der Waals surface area contributed by atoms with E-state index in [2.05, 4.69) is 46.1 Å². The summed E-state index contributed by atoms with van der Waals surface area (Å²) in [5, 5.41) is 0. The Kier molecular flexibility index (Phi) is 3.97. The van der Waals surface area contributed by atoms with Gasteiger partial charge in [0.1, 0.15) is 0 Å². The molecule has 1 fully saturated rings. The Balaban J connectivity index is 1.83. The van der Waals surface area contributed by atoms with Crippen LogP contribution in [0.3, 0.4) is 0 Å². The lowest BCUT2D eigenvalue weighted by molar-refractivity contribution is 0.142. The van der Waals surface area contributed by atoms with Crippen molar-refractivity contribution >= 4 is 15.9 Å². The van der Waals surface area contributed by atoms with Crippen molar-refractivity contribution in [2.75, 3.05) is 13.6 Å². The van der Waals surface area contributed by atoms with Crippen LogP contribution in [0.5, 0.6) is 0 Å². The van der Waals surface area contributed by atoms with Gasteiger partial charge in [-0.3, -0.25) is 4.90 Å². The quantitative estimate of drug-likeness (QED) is 0.922. The van der Waals surface area contributed by atoms with E-state index in [0.29, 0.717) is 18.0 Å². The number of halogens is 1. The molecule has 1 saturated carbocycles. The largest absolute Gasteiger partial charge is 0.330 e. The molecule has 3 rings (SSSR count). The van der Waals surface area contributed by atoms with E-state index in [4.69, 9.17) is 5.73 Å². The second-order valence-corrected chi connectivity index (χ2v) is 6.88. The molecule has 2 aliphatic carbocycles. The molecule has 0 aromatic heterocycles. The van der Waals surface area contributed by atoms with Gasteiger partial charge in [-0.25, -0.2) is 0 Å². The van der Waals surface area contributed by atoms with E-state index in [9.17, 15) is 0 Å². The van der Waals surface area contributed by atoms with Gasteiger partial charge in [-0.05, 0) is 62.4 Å². The first-order chi connectivity index (χ1) is 9.22. The fourth-order valence-corrected chi connectivity index (χ4v) is 4.65. The lowest BCUT2D eigenvalue weighted by atomic mass is 9.99. The number of hydrogen-bond donors (Lipinski definition) is 1. The van der Waals surface area contributed by atoms with Gasteiger partial charge in [-0.2, -0.15) is 0 Å². The lowest BCUT2D eigenvalue weighted by Gasteiger charge is -2.34. The summed E-state index contributed by atoms with van der Waals surface area (Å²) in [6, 6.07) is 7.91. The third-order valence-corrected chi connectivity index (χ3v) is 5.86. The van der Waals surface area contributed by atoms with Crippen molar-refractivity contribution in [3.63, 3.8) is 0 Å². The summed E-state index contributed by atoms with van der Waals surface area (Å²) in [5.74, 6) is 0.696. The van der Waals surface area contributed by atoms with Crippen LogP contribution in [0.2, 0.25) is 0 Å². The van der Waals surface area contributed by atoms with Gasteiger partial charge in [-0.1, -0.05) is 34.5 Å². The zero-order valence-electron chi connectivity index (χ0n) is 11.6. The Morgan fingerprint density at radius 2 is 2.16 bits per heavy atom. The van der Waals surface area contributed by atoms with Crippen LogP contribution < -0.4 is 5.73 Å². The second-order valence-electron chi connectivity index (χ2n) is 6.02. The molecule has 2 nitrogen and oxygen atoms in total. The minimum absolute atomic E-state index is 0.588. The fraction of sp³-hybridized carbons (Fsp3) is 0.625. The standard InChI is InChI=1S/C16H23BrN2/c1-19(15-7-2-4-11(15)10-18)16-9-8-12-13(16)5-3-6-14(12)17/h3,5-6,11,15-16H,2,4,7-10,18H2,1H3. The van der Waals surface area contributed by atoms with Gasteiger partial charge in [0, 0.05) is 16.6 Å². The lowest BCUT2D eigenvalue weighted by Crippen LogP contribution is -2.39. The van der Waals surface area contributed by atoms with Crippen molar-refractivity contribution < 1.29 is 0 Å². The molecule has 2 aliphatic rings. The number of nitrogens with zero attached hydrogens (tertiary/aromatic N) is 1. The molecule has 0 heterocycles. The molecule has 19 heavy (non-hydrogen) atoms. The van der Waals surface area contributed by atoms with Crippen LogP contribution in [0.25, 0.3) is 0 Å². The monoisotopic (exact) mass is 322 g/mol. The zero-order chi connectivity index (χ0) is 13.4. The normalized spacial score (nSPS) is 30.0. The second kappa shape index (κ2) is 5.55. The number of rotatable bonds is 3. The van der Waals surface area contributed by atoms with Crippen molar-refractivity contribution in [1.82, 2.24) is 4.90 Å². The van der Waals surface area contributed by atoms with Crippen molar-refractivity contribution in [2.45, 2.75) is 44.2 Å². The topological polar surface area (TPSA) is 29.3 Å². The summed E-state index contributed by atoms with van der Waals surface area (Å²) < 4.78 is 1.28. The van der Waals surface area contributed by atoms with Gasteiger partial charge in [0.2, 0.25) is 0 Å². The maximum Gasteiger partial charge on any atom is 0.0354 e. The fourth-order valence-electron chi connectivity index (χ4n) is 4.07. The SMILES string of the molecule is CN(C1CCc2c(Br)cccc21)C1CCCC1CN. The van der Waals surface area contributed by atoms with Gasteiger partial charge >= 0.3 is 0 Å². The summed E-state index contributed by atoms with van der Waals surface area (Å²) in [4.78, 5) is 2.61. The van der Waals surface area contributed by atoms with E-state index >= 15 is 0 Å². The molecule has 2 N–H and O–H groups in total. The van der Waals surface area contributed by atoms with Crippen molar-refractivity contribution in [1.29, 1.82) is 0 Å². The van der Waals surface area contributed by atoms with Gasteiger partial charge in [0.15, 0.2) is 0 Å². The molecule has 0 bridgehead atoms. The molecule has 0 saturated heterocycles. The Bertz CT molecular complexity index is 460. The van der Waals surface area contributed by atoms with Crippen LogP contribution in [0.15, 0.2) is 22.7 Å². The first kappa shape index (κ1) is 13.6. The molecular weight excluding hydrogens is 300 g/mol. The molecule has 1 aromatic carbocycles. The maximum atomic E-state index is 5.95. The van der Waals surface area contributed by atoms with Crippen LogP contribution in [0.1, 0.15) is 42.9 Å². The molecule has 1 aromatic rings. The van der Waals surface area contributed by atoms with Gasteiger partial charge in [-0.15, -0.1) is 0 Å². The summed E-state index contributed by atoms with van der Waals surface area (Å²) in [7, 11) is 2.30. The highest BCUT2D eigenvalue weighted by atomic mass is 79.9.